The summed E-state index contributed by atoms with van der Waals surface area (Å²) < 4.78 is 23.6. The number of hydrogen-bond acceptors (Lipinski definition) is 8. The summed E-state index contributed by atoms with van der Waals surface area (Å²) in [7, 11) is 3.30. The van der Waals surface area contributed by atoms with Crippen LogP contribution in [0.25, 0.3) is 0 Å². The molecule has 2 saturated carbocycles. The maximum atomic E-state index is 13.7. The third kappa shape index (κ3) is 5.73. The van der Waals surface area contributed by atoms with Gasteiger partial charge in [0.05, 0.1) is 17.1 Å². The molecule has 0 radical (unpaired) electrons. The van der Waals surface area contributed by atoms with E-state index in [4.69, 9.17) is 42.1 Å². The Balaban J connectivity index is 1.34. The van der Waals surface area contributed by atoms with E-state index in [9.17, 15) is 19.2 Å². The Morgan fingerprint density at radius 1 is 1.11 bits per heavy atom. The van der Waals surface area contributed by atoms with Crippen LogP contribution in [0.2, 0.25) is 0 Å². The number of epoxide rings is 1. The topological polar surface area (TPSA) is 112 Å². The van der Waals surface area contributed by atoms with Crippen molar-refractivity contribution in [2.24, 2.45) is 34.5 Å². The van der Waals surface area contributed by atoms with E-state index in [1.165, 1.54) is 4.90 Å². The van der Waals surface area contributed by atoms with Gasteiger partial charge in [0.1, 0.15) is 18.3 Å². The Labute approximate surface area is 276 Å². The molecule has 10 atom stereocenters. The predicted octanol–water partition coefficient (Wildman–Crippen LogP) is 6.19. The zero-order valence-corrected chi connectivity index (χ0v) is 28.9. The highest BCUT2D eigenvalue weighted by atomic mass is 35.5. The van der Waals surface area contributed by atoms with E-state index in [1.807, 2.05) is 13.8 Å². The van der Waals surface area contributed by atoms with Crippen LogP contribution in [-0.2, 0) is 33.3 Å². The lowest BCUT2D eigenvalue weighted by Gasteiger charge is -2.48. The van der Waals surface area contributed by atoms with Gasteiger partial charge in [0.25, 0.3) is 0 Å². The van der Waals surface area contributed by atoms with E-state index in [0.29, 0.717) is 23.8 Å². The molecule has 0 aromatic heterocycles. The predicted molar refractivity (Wildman–Crippen MR) is 169 cm³/mol. The third-order valence-corrected chi connectivity index (χ3v) is 12.6. The molecule has 2 heterocycles. The molecule has 0 bridgehead atoms. The van der Waals surface area contributed by atoms with Crippen molar-refractivity contribution in [1.82, 2.24) is 4.90 Å². The minimum absolute atomic E-state index is 0.0151. The Hall–Kier alpha value is -2.10. The molecule has 1 amide bonds. The van der Waals surface area contributed by atoms with Crippen molar-refractivity contribution < 1.29 is 38.1 Å². The minimum Gasteiger partial charge on any atom is -0.459 e. The molecule has 2 aliphatic heterocycles. The van der Waals surface area contributed by atoms with Crippen molar-refractivity contribution in [3.05, 3.63) is 23.3 Å². The molecule has 3 aliphatic carbocycles. The zero-order valence-electron chi connectivity index (χ0n) is 27.4. The Morgan fingerprint density at radius 2 is 1.80 bits per heavy atom. The lowest BCUT2D eigenvalue weighted by molar-refractivity contribution is -0.152. The number of carbonyl (C=O) groups is 4. The van der Waals surface area contributed by atoms with Crippen molar-refractivity contribution in [2.45, 2.75) is 108 Å². The normalized spacial score (nSPS) is 40.1. The van der Waals surface area contributed by atoms with Crippen LogP contribution in [0.15, 0.2) is 23.3 Å². The summed E-state index contributed by atoms with van der Waals surface area (Å²) in [6.07, 6.45) is 7.92. The van der Waals surface area contributed by atoms with E-state index >= 15 is 0 Å². The van der Waals surface area contributed by atoms with Crippen molar-refractivity contribution in [3.63, 3.8) is 0 Å². The lowest BCUT2D eigenvalue weighted by atomic mass is 9.55. The highest BCUT2D eigenvalue weighted by Gasteiger charge is 2.76. The molecule has 9 nitrogen and oxygen atoms in total. The summed E-state index contributed by atoms with van der Waals surface area (Å²) in [5.74, 6) is -0.374. The van der Waals surface area contributed by atoms with Crippen LogP contribution in [0.1, 0.15) is 79.6 Å². The first-order valence-corrected chi connectivity index (χ1v) is 17.1. The molecule has 0 N–H and O–H groups in total. The van der Waals surface area contributed by atoms with Gasteiger partial charge in [0.2, 0.25) is 4.84 Å². The summed E-state index contributed by atoms with van der Waals surface area (Å²) in [6, 6.07) is 0. The molecular formula is C34H47Cl2NO8. The molecule has 5 rings (SSSR count). The van der Waals surface area contributed by atoms with Gasteiger partial charge in [-0.05, 0) is 93.6 Å². The number of hydrogen-bond donors (Lipinski definition) is 0. The summed E-state index contributed by atoms with van der Waals surface area (Å²) in [5.41, 5.74) is -0.520. The number of esters is 2. The van der Waals surface area contributed by atoms with E-state index in [1.54, 1.807) is 26.2 Å². The van der Waals surface area contributed by atoms with Gasteiger partial charge in [-0.3, -0.25) is 4.79 Å². The van der Waals surface area contributed by atoms with Crippen molar-refractivity contribution in [2.75, 3.05) is 20.7 Å². The number of cyclic esters (lactones) is 1. The van der Waals surface area contributed by atoms with Gasteiger partial charge in [-0.15, -0.1) is 0 Å². The maximum Gasteiger partial charge on any atom is 0.409 e. The second-order valence-corrected chi connectivity index (χ2v) is 15.7. The van der Waals surface area contributed by atoms with Crippen molar-refractivity contribution >= 4 is 47.0 Å². The van der Waals surface area contributed by atoms with Crippen LogP contribution in [0, 0.1) is 34.5 Å². The summed E-state index contributed by atoms with van der Waals surface area (Å²) in [5, 5.41) is 0. The number of alkyl halides is 2. The average molecular weight is 669 g/mol. The van der Waals surface area contributed by atoms with Crippen LogP contribution in [0.3, 0.4) is 0 Å². The van der Waals surface area contributed by atoms with E-state index < -0.39 is 40.0 Å². The Kier molecular flexibility index (Phi) is 9.51. The standard InChI is InChI=1S/C34H47Cl2NO8/c1-18-16-24(43-29(39)22(18)17-42-30(40)28(35)36)20(3)23-10-8-21-9-12-27-34(45-27)26(44-31(41)37(6)7)13-11-25(38)33(34,5)19(2)14-15-32(21,23)4/h11,13,19-21,23-24,26-28H,8-10,12,14-17H2,1-7H3/t19-,20+,21+,23-,24-,26+,27-,32+,33+,34-/m1/s1. The molecule has 0 unspecified atom stereocenters. The fourth-order valence-corrected chi connectivity index (χ4v) is 9.28. The highest BCUT2D eigenvalue weighted by Crippen LogP contribution is 2.65. The SMILES string of the molecule is CC1=C(COC(=O)C(Cl)Cl)C(=O)O[C@@H]([C@@H](C)[C@H]2CC[C@H]3CC[C@H]4O[C@]45[C@@H](OC(=O)N(C)C)C=CC(=O)[C@]5(C)[C@H](C)CC[C@@]32C)C1. The third-order valence-electron chi connectivity index (χ3n) is 12.3. The van der Waals surface area contributed by atoms with Crippen LogP contribution in [0.5, 0.6) is 0 Å². The second-order valence-electron chi connectivity index (χ2n) is 14.6. The first kappa shape index (κ1) is 34.2. The number of allylic oxidation sites excluding steroid dienone is 1. The molecule has 250 valence electrons. The minimum atomic E-state index is -1.31. The second kappa shape index (κ2) is 12.5. The zero-order chi connectivity index (χ0) is 33.1. The van der Waals surface area contributed by atoms with Gasteiger partial charge in [0.15, 0.2) is 11.9 Å². The van der Waals surface area contributed by atoms with Crippen LogP contribution < -0.4 is 0 Å². The van der Waals surface area contributed by atoms with E-state index in [2.05, 4.69) is 20.8 Å². The van der Waals surface area contributed by atoms with Gasteiger partial charge in [-0.2, -0.15) is 0 Å². The van der Waals surface area contributed by atoms with Crippen LogP contribution in [-0.4, -0.2) is 78.2 Å². The van der Waals surface area contributed by atoms with Gasteiger partial charge >= 0.3 is 18.0 Å². The fourth-order valence-electron chi connectivity index (χ4n) is 9.16. The molecule has 1 spiro atoms. The summed E-state index contributed by atoms with van der Waals surface area (Å²) in [6.45, 7) is 10.4. The Bertz CT molecular complexity index is 1300. The molecule has 0 aromatic rings. The number of nitrogens with zero attached hydrogens (tertiary/aromatic N) is 1. The molecule has 1 saturated heterocycles. The number of amides is 1. The lowest BCUT2D eigenvalue weighted by Crippen LogP contribution is -2.58. The van der Waals surface area contributed by atoms with Gasteiger partial charge in [-0.25, -0.2) is 14.4 Å². The van der Waals surface area contributed by atoms with Crippen LogP contribution in [0.4, 0.5) is 4.79 Å². The monoisotopic (exact) mass is 667 g/mol. The fraction of sp³-hybridized carbons (Fsp3) is 0.765. The first-order chi connectivity index (χ1) is 21.1. The number of rotatable bonds is 6. The smallest absolute Gasteiger partial charge is 0.409 e. The number of ether oxygens (including phenoxy) is 4. The van der Waals surface area contributed by atoms with Gasteiger partial charge in [0, 0.05) is 20.5 Å². The average Bonchev–Trinajstić information content (AvgIpc) is 3.62. The Morgan fingerprint density at radius 3 is 2.44 bits per heavy atom. The maximum absolute atomic E-state index is 13.7. The van der Waals surface area contributed by atoms with Crippen molar-refractivity contribution in [1.29, 1.82) is 0 Å². The molecule has 11 heteroatoms. The number of fused-ring (bicyclic) bond motifs is 1. The largest absolute Gasteiger partial charge is 0.459 e. The van der Waals surface area contributed by atoms with E-state index in [-0.39, 0.29) is 41.8 Å². The van der Waals surface area contributed by atoms with E-state index in [0.717, 1.165) is 44.1 Å². The number of carbonyl (C=O) groups excluding carboxylic acids is 4. The highest BCUT2D eigenvalue weighted by molar-refractivity contribution is 6.52. The van der Waals surface area contributed by atoms with Crippen molar-refractivity contribution in [3.8, 4) is 0 Å². The molecular weight excluding hydrogens is 621 g/mol. The number of halogens is 2. The molecule has 45 heavy (non-hydrogen) atoms. The summed E-state index contributed by atoms with van der Waals surface area (Å²) >= 11 is 11.2. The first-order valence-electron chi connectivity index (χ1n) is 16.2. The molecule has 0 aromatic carbocycles. The van der Waals surface area contributed by atoms with Gasteiger partial charge < -0.3 is 23.8 Å². The quantitative estimate of drug-likeness (QED) is 0.143. The van der Waals surface area contributed by atoms with Gasteiger partial charge in [-0.1, -0.05) is 49.5 Å². The van der Waals surface area contributed by atoms with Crippen LogP contribution >= 0.6 is 23.2 Å². The summed E-state index contributed by atoms with van der Waals surface area (Å²) in [4.78, 5) is 51.2. The molecule has 5 aliphatic rings. The number of ketones is 1. The molecule has 3 fully saturated rings.